The van der Waals surface area contributed by atoms with Gasteiger partial charge in [-0.2, -0.15) is 23.6 Å². The summed E-state index contributed by atoms with van der Waals surface area (Å²) in [6.45, 7) is 3.38. The van der Waals surface area contributed by atoms with Gasteiger partial charge in [0, 0.05) is 17.8 Å². The minimum atomic E-state index is -4.36. The number of rotatable bonds is 3. The van der Waals surface area contributed by atoms with Gasteiger partial charge < -0.3 is 4.55 Å². The molecule has 0 spiro atoms. The summed E-state index contributed by atoms with van der Waals surface area (Å²) in [6, 6.07) is 1.66. The molecule has 0 bridgehead atoms. The Balaban J connectivity index is 2.86. The molecule has 1 rings (SSSR count). The summed E-state index contributed by atoms with van der Waals surface area (Å²) >= 11 is -1.57. The number of nitriles is 1. The second-order valence-corrected chi connectivity index (χ2v) is 7.46. The average molecular weight is 308 g/mol. The maximum absolute atomic E-state index is 13.1. The first-order chi connectivity index (χ1) is 9.04. The van der Waals surface area contributed by atoms with Gasteiger partial charge in [-0.15, -0.1) is 0 Å². The molecular formula is C13H19F3N2OS. The van der Waals surface area contributed by atoms with E-state index in [0.29, 0.717) is 0 Å². The number of hydrogen-bond donors (Lipinski definition) is 1. The van der Waals surface area contributed by atoms with Crippen LogP contribution in [0.1, 0.15) is 46.0 Å². The summed E-state index contributed by atoms with van der Waals surface area (Å²) in [4.78, 5) is 0. The molecule has 0 heterocycles. The molecule has 0 amide bonds. The van der Waals surface area contributed by atoms with Crippen molar-refractivity contribution in [2.45, 2.75) is 56.9 Å². The topological polar surface area (TPSA) is 72.9 Å². The van der Waals surface area contributed by atoms with E-state index >= 15 is 0 Å². The third-order valence-corrected chi connectivity index (χ3v) is 5.09. The van der Waals surface area contributed by atoms with Crippen LogP contribution in [-0.4, -0.2) is 15.5 Å². The number of nitrogens with zero attached hydrogens (tertiary/aromatic N) is 1. The van der Waals surface area contributed by atoms with Gasteiger partial charge in [-0.05, 0) is 45.6 Å². The Morgan fingerprint density at radius 2 is 1.90 bits per heavy atom. The molecule has 0 aromatic rings. The molecule has 0 aromatic heterocycles. The fourth-order valence-corrected chi connectivity index (χ4v) is 2.74. The molecule has 0 aliphatic heterocycles. The number of nitrogens with two attached hydrogens (primary N) is 1. The summed E-state index contributed by atoms with van der Waals surface area (Å²) in [5.41, 5.74) is -1.06. The van der Waals surface area contributed by atoms with Crippen LogP contribution in [0.5, 0.6) is 0 Å². The van der Waals surface area contributed by atoms with E-state index in [1.165, 1.54) is 0 Å². The lowest BCUT2D eigenvalue weighted by molar-refractivity contribution is -0.230. The number of halogens is 3. The molecule has 20 heavy (non-hydrogen) atoms. The van der Waals surface area contributed by atoms with Gasteiger partial charge in [0.15, 0.2) is 4.75 Å². The Kier molecular flexibility index (Phi) is 5.17. The van der Waals surface area contributed by atoms with Gasteiger partial charge in [-0.1, -0.05) is 5.57 Å². The van der Waals surface area contributed by atoms with Crippen molar-refractivity contribution < 1.29 is 17.7 Å². The van der Waals surface area contributed by atoms with Crippen LogP contribution in [0.3, 0.4) is 0 Å². The van der Waals surface area contributed by atoms with Gasteiger partial charge >= 0.3 is 6.18 Å². The highest BCUT2D eigenvalue weighted by Crippen LogP contribution is 2.52. The minimum Gasteiger partial charge on any atom is -0.598 e. The quantitative estimate of drug-likeness (QED) is 0.642. The fraction of sp³-hybridized carbons (Fsp3) is 0.769. The van der Waals surface area contributed by atoms with Crippen LogP contribution >= 0.6 is 0 Å². The molecule has 2 N–H and O–H groups in total. The molecule has 0 aromatic carbocycles. The zero-order valence-corrected chi connectivity index (χ0v) is 12.4. The van der Waals surface area contributed by atoms with Crippen LogP contribution in [0, 0.1) is 16.7 Å². The maximum Gasteiger partial charge on any atom is 0.395 e. The third-order valence-electron chi connectivity index (χ3n) is 3.94. The van der Waals surface area contributed by atoms with Gasteiger partial charge in [0.25, 0.3) is 0 Å². The molecule has 3 nitrogen and oxygen atoms in total. The van der Waals surface area contributed by atoms with Crippen molar-refractivity contribution >= 4 is 11.4 Å². The second-order valence-electron chi connectivity index (χ2n) is 5.82. The van der Waals surface area contributed by atoms with Crippen molar-refractivity contribution in [2.75, 3.05) is 0 Å². The maximum atomic E-state index is 13.1. The molecule has 1 aliphatic carbocycles. The minimum absolute atomic E-state index is 0.0941. The van der Waals surface area contributed by atoms with Crippen LogP contribution < -0.4 is 5.14 Å². The molecule has 1 fully saturated rings. The highest BCUT2D eigenvalue weighted by atomic mass is 32.2. The SMILES string of the molecule is CC(C)(C=C1CCC(CC#N)(C(F)(F)F)CC1)[S+](N)[O-]. The third kappa shape index (κ3) is 3.68. The lowest BCUT2D eigenvalue weighted by Crippen LogP contribution is -2.40. The summed E-state index contributed by atoms with van der Waals surface area (Å²) in [7, 11) is 0. The molecule has 7 heteroatoms. The molecule has 114 valence electrons. The van der Waals surface area contributed by atoms with Crippen molar-refractivity contribution in [3.63, 3.8) is 0 Å². The van der Waals surface area contributed by atoms with E-state index in [2.05, 4.69) is 0 Å². The van der Waals surface area contributed by atoms with E-state index in [-0.39, 0.29) is 25.7 Å². The second kappa shape index (κ2) is 5.96. The van der Waals surface area contributed by atoms with Crippen LogP contribution in [0.25, 0.3) is 0 Å². The number of allylic oxidation sites excluding steroid dienone is 1. The van der Waals surface area contributed by atoms with E-state index in [0.717, 1.165) is 5.57 Å². The van der Waals surface area contributed by atoms with Crippen molar-refractivity contribution in [3.05, 3.63) is 11.6 Å². The monoisotopic (exact) mass is 308 g/mol. The number of hydrogen-bond acceptors (Lipinski definition) is 3. The fourth-order valence-electron chi connectivity index (χ4n) is 2.46. The molecule has 0 saturated heterocycles. The highest BCUT2D eigenvalue weighted by molar-refractivity contribution is 7.90. The molecular weight excluding hydrogens is 289 g/mol. The van der Waals surface area contributed by atoms with Crippen LogP contribution in [0.4, 0.5) is 13.2 Å². The van der Waals surface area contributed by atoms with Gasteiger partial charge in [0.1, 0.15) is 0 Å². The van der Waals surface area contributed by atoms with Crippen molar-refractivity contribution in [3.8, 4) is 6.07 Å². The summed E-state index contributed by atoms with van der Waals surface area (Å²) in [5, 5.41) is 14.0. The summed E-state index contributed by atoms with van der Waals surface area (Å²) < 4.78 is 50.0. The summed E-state index contributed by atoms with van der Waals surface area (Å²) in [5.74, 6) is 0. The van der Waals surface area contributed by atoms with E-state index in [1.807, 2.05) is 0 Å². The molecule has 1 saturated carbocycles. The zero-order valence-electron chi connectivity index (χ0n) is 11.6. The van der Waals surface area contributed by atoms with E-state index in [4.69, 9.17) is 10.4 Å². The van der Waals surface area contributed by atoms with Gasteiger partial charge in [-0.25, -0.2) is 0 Å². The first-order valence-corrected chi connectivity index (χ1v) is 7.56. The molecule has 0 radical (unpaired) electrons. The standard InChI is InChI=1S/C13H19F3N2OS/c1-11(2,20(18)19)9-10-3-5-12(6-4-10,7-8-17)13(14,15)16/h9H,3-7,18H2,1-2H3. The Morgan fingerprint density at radius 3 is 2.25 bits per heavy atom. The Labute approximate surface area is 120 Å². The first kappa shape index (κ1) is 17.3. The lowest BCUT2D eigenvalue weighted by Gasteiger charge is -2.38. The Morgan fingerprint density at radius 1 is 1.40 bits per heavy atom. The van der Waals surface area contributed by atoms with E-state index in [1.54, 1.807) is 26.0 Å². The first-order valence-electron chi connectivity index (χ1n) is 6.35. The lowest BCUT2D eigenvalue weighted by atomic mass is 9.69. The normalized spacial score (nSPS) is 26.0. The largest absolute Gasteiger partial charge is 0.598 e. The molecule has 1 aliphatic rings. The Bertz CT molecular complexity index is 414. The summed E-state index contributed by atoms with van der Waals surface area (Å²) in [6.07, 6.45) is -2.80. The van der Waals surface area contributed by atoms with Crippen LogP contribution in [-0.2, 0) is 11.4 Å². The van der Waals surface area contributed by atoms with E-state index in [9.17, 15) is 17.7 Å². The van der Waals surface area contributed by atoms with E-state index < -0.39 is 34.1 Å². The van der Waals surface area contributed by atoms with Gasteiger partial charge in [0.05, 0.1) is 11.5 Å². The predicted octanol–water partition coefficient (Wildman–Crippen LogP) is 3.35. The van der Waals surface area contributed by atoms with Gasteiger partial charge in [0.2, 0.25) is 0 Å². The van der Waals surface area contributed by atoms with Crippen LogP contribution in [0.15, 0.2) is 11.6 Å². The van der Waals surface area contributed by atoms with Crippen LogP contribution in [0.2, 0.25) is 0 Å². The molecule has 1 atom stereocenters. The smallest absolute Gasteiger partial charge is 0.395 e. The van der Waals surface area contributed by atoms with Crippen molar-refractivity contribution in [1.82, 2.24) is 0 Å². The average Bonchev–Trinajstić information content (AvgIpc) is 2.30. The van der Waals surface area contributed by atoms with Crippen molar-refractivity contribution in [2.24, 2.45) is 10.6 Å². The zero-order chi connectivity index (χ0) is 15.6. The molecule has 1 unspecified atom stereocenters. The predicted molar refractivity (Wildman–Crippen MR) is 71.7 cm³/mol. The number of alkyl halides is 3. The van der Waals surface area contributed by atoms with Gasteiger partial charge in [-0.3, -0.25) is 0 Å². The Hall–Kier alpha value is -0.710. The highest BCUT2D eigenvalue weighted by Gasteiger charge is 2.55. The van der Waals surface area contributed by atoms with Crippen molar-refractivity contribution in [1.29, 1.82) is 5.26 Å².